The Kier molecular flexibility index (Phi) is 5.89. The second kappa shape index (κ2) is 7.67. The van der Waals surface area contributed by atoms with Crippen LogP contribution in [-0.4, -0.2) is 28.0 Å². The number of halogens is 1. The first-order valence-corrected chi connectivity index (χ1v) is 8.57. The zero-order chi connectivity index (χ0) is 15.2. The number of carbonyl (C=O) groups is 1. The van der Waals surface area contributed by atoms with Crippen molar-refractivity contribution >= 4 is 41.2 Å². The van der Waals surface area contributed by atoms with E-state index in [0.717, 1.165) is 10.8 Å². The van der Waals surface area contributed by atoms with E-state index in [0.29, 0.717) is 21.9 Å². The van der Waals surface area contributed by atoms with Crippen LogP contribution in [0.5, 0.6) is 0 Å². The average molecular weight is 343 g/mol. The van der Waals surface area contributed by atoms with E-state index in [2.05, 4.69) is 10.4 Å². The Morgan fingerprint density at radius 3 is 2.86 bits per heavy atom. The van der Waals surface area contributed by atoms with Gasteiger partial charge in [-0.05, 0) is 42.9 Å². The van der Waals surface area contributed by atoms with Crippen LogP contribution in [0.4, 0.5) is 4.39 Å². The summed E-state index contributed by atoms with van der Waals surface area (Å²) in [5, 5.41) is 7.16. The lowest BCUT2D eigenvalue weighted by atomic mass is 10.3. The highest BCUT2D eigenvalue weighted by molar-refractivity contribution is 8.01. The number of hydrogen-bond acceptors (Lipinski definition) is 5. The summed E-state index contributed by atoms with van der Waals surface area (Å²) < 4.78 is 15.8. The van der Waals surface area contributed by atoms with Gasteiger partial charge in [0.15, 0.2) is 8.29 Å². The molecule has 1 heterocycles. The number of hydrogen-bond donors (Lipinski definition) is 1. The third-order valence-corrected chi connectivity index (χ3v) is 4.86. The van der Waals surface area contributed by atoms with Gasteiger partial charge in [0.1, 0.15) is 5.82 Å². The van der Waals surface area contributed by atoms with E-state index in [1.807, 2.05) is 6.92 Å². The van der Waals surface area contributed by atoms with E-state index in [-0.39, 0.29) is 11.7 Å². The van der Waals surface area contributed by atoms with E-state index in [4.69, 9.17) is 12.2 Å². The maximum atomic E-state index is 12.9. The molecule has 0 saturated carbocycles. The molecule has 0 saturated heterocycles. The van der Waals surface area contributed by atoms with Crippen molar-refractivity contribution in [2.24, 2.45) is 0 Å². The van der Waals surface area contributed by atoms with Crippen molar-refractivity contribution in [2.75, 3.05) is 12.3 Å². The third-order valence-electron chi connectivity index (χ3n) is 2.50. The lowest BCUT2D eigenvalue weighted by Crippen LogP contribution is -2.25. The normalized spacial score (nSPS) is 10.6. The van der Waals surface area contributed by atoms with E-state index >= 15 is 0 Å². The van der Waals surface area contributed by atoms with Crippen molar-refractivity contribution in [3.63, 3.8) is 0 Å². The smallest absolute Gasteiger partial charge is 0.230 e. The summed E-state index contributed by atoms with van der Waals surface area (Å²) in [5.74, 6) is -0.00916. The Morgan fingerprint density at radius 1 is 1.48 bits per heavy atom. The number of thioether (sulfide) groups is 1. The SMILES string of the molecule is CCCNC(=O)CSc1nn(-c2ccc(F)cc2)c(=S)s1. The van der Waals surface area contributed by atoms with Gasteiger partial charge in [0.05, 0.1) is 11.4 Å². The first-order valence-electron chi connectivity index (χ1n) is 6.35. The number of benzene rings is 1. The molecule has 8 heteroatoms. The van der Waals surface area contributed by atoms with Gasteiger partial charge in [0.25, 0.3) is 0 Å². The molecule has 112 valence electrons. The highest BCUT2D eigenvalue weighted by atomic mass is 32.2. The van der Waals surface area contributed by atoms with Crippen molar-refractivity contribution in [2.45, 2.75) is 17.7 Å². The summed E-state index contributed by atoms with van der Waals surface area (Å²) in [6.45, 7) is 2.68. The second-order valence-electron chi connectivity index (χ2n) is 4.16. The molecule has 0 aliphatic rings. The van der Waals surface area contributed by atoms with Crippen molar-refractivity contribution in [1.82, 2.24) is 15.1 Å². The Hall–Kier alpha value is -1.25. The maximum Gasteiger partial charge on any atom is 0.230 e. The first-order chi connectivity index (χ1) is 10.1. The highest BCUT2D eigenvalue weighted by Gasteiger charge is 2.09. The number of amides is 1. The number of aromatic nitrogens is 2. The minimum atomic E-state index is -0.303. The third kappa shape index (κ3) is 4.62. The molecule has 0 aliphatic carbocycles. The van der Waals surface area contributed by atoms with Gasteiger partial charge in [0, 0.05) is 6.54 Å². The molecule has 0 spiro atoms. The Morgan fingerprint density at radius 2 is 2.19 bits per heavy atom. The molecular weight excluding hydrogens is 329 g/mol. The molecule has 1 aromatic heterocycles. The van der Waals surface area contributed by atoms with Crippen LogP contribution < -0.4 is 5.32 Å². The Balaban J connectivity index is 2.04. The maximum absolute atomic E-state index is 12.9. The van der Waals surface area contributed by atoms with Crippen molar-refractivity contribution in [3.8, 4) is 5.69 Å². The van der Waals surface area contributed by atoms with Crippen LogP contribution in [0, 0.1) is 9.77 Å². The predicted molar refractivity (Wildman–Crippen MR) is 86.3 cm³/mol. The molecule has 0 fully saturated rings. The number of carbonyl (C=O) groups excluding carboxylic acids is 1. The van der Waals surface area contributed by atoms with Crippen molar-refractivity contribution in [1.29, 1.82) is 0 Å². The Bertz CT molecular complexity index is 666. The monoisotopic (exact) mass is 343 g/mol. The Labute approximate surface area is 135 Å². The van der Waals surface area contributed by atoms with Crippen LogP contribution in [0.15, 0.2) is 28.6 Å². The molecule has 21 heavy (non-hydrogen) atoms. The van der Waals surface area contributed by atoms with E-state index in [1.165, 1.54) is 35.2 Å². The number of nitrogens with one attached hydrogen (secondary N) is 1. The minimum absolute atomic E-state index is 0.0173. The molecule has 2 aromatic rings. The standard InChI is InChI=1S/C13H14FN3OS3/c1-2-7-15-11(18)8-20-12-16-17(13(19)21-12)10-5-3-9(14)4-6-10/h3-6H,2,7-8H2,1H3,(H,15,18). The number of nitrogens with zero attached hydrogens (tertiary/aromatic N) is 2. The highest BCUT2D eigenvalue weighted by Crippen LogP contribution is 2.23. The van der Waals surface area contributed by atoms with Gasteiger partial charge < -0.3 is 5.32 Å². The molecule has 0 radical (unpaired) electrons. The number of rotatable bonds is 6. The van der Waals surface area contributed by atoms with E-state index in [1.54, 1.807) is 16.8 Å². The fourth-order valence-corrected chi connectivity index (χ4v) is 3.70. The molecule has 1 amide bonds. The van der Waals surface area contributed by atoms with Gasteiger partial charge in [0.2, 0.25) is 5.91 Å². The van der Waals surface area contributed by atoms with Crippen molar-refractivity contribution < 1.29 is 9.18 Å². The van der Waals surface area contributed by atoms with Crippen LogP contribution in [0.2, 0.25) is 0 Å². The van der Waals surface area contributed by atoms with Crippen molar-refractivity contribution in [3.05, 3.63) is 34.0 Å². The molecule has 1 aromatic carbocycles. The summed E-state index contributed by atoms with van der Waals surface area (Å²) in [5.41, 5.74) is 0.708. The molecule has 0 aliphatic heterocycles. The quantitative estimate of drug-likeness (QED) is 0.645. The van der Waals surface area contributed by atoms with E-state index < -0.39 is 0 Å². The molecule has 0 atom stereocenters. The molecular formula is C13H14FN3OS3. The fraction of sp³-hybridized carbons (Fsp3) is 0.308. The van der Waals surface area contributed by atoms with E-state index in [9.17, 15) is 9.18 Å². The van der Waals surface area contributed by atoms with Crippen LogP contribution in [-0.2, 0) is 4.79 Å². The lowest BCUT2D eigenvalue weighted by Gasteiger charge is -2.01. The first kappa shape index (κ1) is 16.1. The molecule has 0 unspecified atom stereocenters. The zero-order valence-corrected chi connectivity index (χ0v) is 13.8. The van der Waals surface area contributed by atoms with Gasteiger partial charge in [-0.2, -0.15) is 0 Å². The van der Waals surface area contributed by atoms with Gasteiger partial charge in [-0.1, -0.05) is 30.0 Å². The average Bonchev–Trinajstić information content (AvgIpc) is 2.85. The fourth-order valence-electron chi connectivity index (χ4n) is 1.51. The topological polar surface area (TPSA) is 46.9 Å². The van der Waals surface area contributed by atoms with Crippen LogP contribution >= 0.6 is 35.3 Å². The summed E-state index contributed by atoms with van der Waals surface area (Å²) in [7, 11) is 0. The van der Waals surface area contributed by atoms with Crippen LogP contribution in [0.25, 0.3) is 5.69 Å². The van der Waals surface area contributed by atoms with Gasteiger partial charge in [-0.15, -0.1) is 5.10 Å². The largest absolute Gasteiger partial charge is 0.355 e. The molecule has 1 N–H and O–H groups in total. The van der Waals surface area contributed by atoms with Gasteiger partial charge in [-0.25, -0.2) is 9.07 Å². The minimum Gasteiger partial charge on any atom is -0.355 e. The van der Waals surface area contributed by atoms with Gasteiger partial charge >= 0.3 is 0 Å². The summed E-state index contributed by atoms with van der Waals surface area (Å²) in [6, 6.07) is 5.96. The predicted octanol–water partition coefficient (Wildman–Crippen LogP) is 3.42. The zero-order valence-electron chi connectivity index (χ0n) is 11.3. The summed E-state index contributed by atoms with van der Waals surface area (Å²) in [4.78, 5) is 11.5. The molecule has 0 bridgehead atoms. The summed E-state index contributed by atoms with van der Waals surface area (Å²) in [6.07, 6.45) is 0.911. The van der Waals surface area contributed by atoms with Crippen LogP contribution in [0.1, 0.15) is 13.3 Å². The molecule has 2 rings (SSSR count). The lowest BCUT2D eigenvalue weighted by molar-refractivity contribution is -0.118. The molecule has 4 nitrogen and oxygen atoms in total. The second-order valence-corrected chi connectivity index (χ2v) is 7.01. The summed E-state index contributed by atoms with van der Waals surface area (Å²) >= 11 is 7.93. The van der Waals surface area contributed by atoms with Gasteiger partial charge in [-0.3, -0.25) is 4.79 Å². The van der Waals surface area contributed by atoms with Crippen LogP contribution in [0.3, 0.4) is 0 Å².